The summed E-state index contributed by atoms with van der Waals surface area (Å²) in [7, 11) is 0. The van der Waals surface area contributed by atoms with Crippen LogP contribution in [0.5, 0.6) is 0 Å². The summed E-state index contributed by atoms with van der Waals surface area (Å²) in [6, 6.07) is 1.81. The first-order valence-electron chi connectivity index (χ1n) is 6.06. The van der Waals surface area contributed by atoms with Gasteiger partial charge in [0.1, 0.15) is 0 Å². The van der Waals surface area contributed by atoms with Gasteiger partial charge in [0, 0.05) is 18.9 Å². The zero-order valence-electron chi connectivity index (χ0n) is 10.1. The van der Waals surface area contributed by atoms with Crippen molar-refractivity contribution in [3.63, 3.8) is 0 Å². The predicted octanol–water partition coefficient (Wildman–Crippen LogP) is 1.38. The monoisotopic (exact) mass is 234 g/mol. The first kappa shape index (κ1) is 12.0. The van der Waals surface area contributed by atoms with Crippen LogP contribution in [-0.4, -0.2) is 40.1 Å². The molecule has 1 atom stereocenters. The van der Waals surface area contributed by atoms with Crippen molar-refractivity contribution < 1.29 is 9.90 Å². The number of pyridine rings is 1. The van der Waals surface area contributed by atoms with Crippen LogP contribution in [0.3, 0.4) is 0 Å². The Hall–Kier alpha value is -1.42. The zero-order valence-corrected chi connectivity index (χ0v) is 10.1. The summed E-state index contributed by atoms with van der Waals surface area (Å²) in [5.41, 5.74) is 1.60. The number of aliphatic hydroxyl groups is 1. The van der Waals surface area contributed by atoms with Gasteiger partial charge in [-0.1, -0.05) is 0 Å². The Kier molecular flexibility index (Phi) is 3.74. The Morgan fingerprint density at radius 2 is 2.35 bits per heavy atom. The first-order chi connectivity index (χ1) is 8.22. The average molecular weight is 234 g/mol. The topological polar surface area (TPSA) is 53.4 Å². The van der Waals surface area contributed by atoms with Gasteiger partial charge in [-0.2, -0.15) is 0 Å². The highest BCUT2D eigenvalue weighted by atomic mass is 16.3. The number of amides is 1. The number of piperidine rings is 1. The van der Waals surface area contributed by atoms with Crippen LogP contribution in [0, 0.1) is 6.92 Å². The second-order valence-corrected chi connectivity index (χ2v) is 4.58. The molecule has 1 aromatic heterocycles. The maximum Gasteiger partial charge on any atom is 0.255 e. The van der Waals surface area contributed by atoms with Gasteiger partial charge in [-0.15, -0.1) is 0 Å². The lowest BCUT2D eigenvalue weighted by Gasteiger charge is -2.34. The van der Waals surface area contributed by atoms with Gasteiger partial charge in [-0.05, 0) is 37.8 Å². The molecule has 4 heteroatoms. The fourth-order valence-corrected chi connectivity index (χ4v) is 2.30. The third kappa shape index (κ3) is 2.64. The lowest BCUT2D eigenvalue weighted by atomic mass is 10.0. The van der Waals surface area contributed by atoms with Crippen molar-refractivity contribution >= 4 is 5.91 Å². The number of aliphatic hydroxyl groups excluding tert-OH is 1. The standard InChI is InChI=1S/C13H18N2O2/c1-10-6-11(8-14-7-10)13(17)15-5-3-2-4-12(15)9-16/h6-8,12,16H,2-5,9H2,1H3. The molecule has 92 valence electrons. The van der Waals surface area contributed by atoms with Crippen LogP contribution >= 0.6 is 0 Å². The normalized spacial score (nSPS) is 20.4. The van der Waals surface area contributed by atoms with E-state index < -0.39 is 0 Å². The van der Waals surface area contributed by atoms with Gasteiger partial charge in [0.2, 0.25) is 0 Å². The van der Waals surface area contributed by atoms with Crippen LogP contribution in [0.1, 0.15) is 35.2 Å². The summed E-state index contributed by atoms with van der Waals surface area (Å²) in [6.45, 7) is 2.70. The number of hydrogen-bond acceptors (Lipinski definition) is 3. The summed E-state index contributed by atoms with van der Waals surface area (Å²) >= 11 is 0. The minimum absolute atomic E-state index is 0.0139. The van der Waals surface area contributed by atoms with Crippen molar-refractivity contribution in [1.82, 2.24) is 9.88 Å². The molecule has 1 fully saturated rings. The fraction of sp³-hybridized carbons (Fsp3) is 0.538. The Morgan fingerprint density at radius 1 is 1.53 bits per heavy atom. The van der Waals surface area contributed by atoms with Crippen molar-refractivity contribution in [2.75, 3.05) is 13.2 Å². The third-order valence-electron chi connectivity index (χ3n) is 3.22. The number of aromatic nitrogens is 1. The van der Waals surface area contributed by atoms with Crippen LogP contribution in [0.15, 0.2) is 18.5 Å². The van der Waals surface area contributed by atoms with E-state index in [4.69, 9.17) is 0 Å². The molecule has 1 aromatic rings. The quantitative estimate of drug-likeness (QED) is 0.841. The molecule has 1 unspecified atom stereocenters. The largest absolute Gasteiger partial charge is 0.394 e. The number of rotatable bonds is 2. The van der Waals surface area contributed by atoms with Gasteiger partial charge < -0.3 is 10.0 Å². The van der Waals surface area contributed by atoms with Gasteiger partial charge in [-0.3, -0.25) is 9.78 Å². The van der Waals surface area contributed by atoms with Gasteiger partial charge in [0.05, 0.1) is 18.2 Å². The first-order valence-corrected chi connectivity index (χ1v) is 6.06. The molecule has 0 saturated carbocycles. The van der Waals surface area contributed by atoms with Crippen LogP contribution in [0.2, 0.25) is 0 Å². The number of aryl methyl sites for hydroxylation is 1. The second-order valence-electron chi connectivity index (χ2n) is 4.58. The van der Waals surface area contributed by atoms with E-state index in [1.807, 2.05) is 13.0 Å². The summed E-state index contributed by atoms with van der Waals surface area (Å²) in [5.74, 6) is -0.0139. The van der Waals surface area contributed by atoms with Crippen molar-refractivity contribution in [1.29, 1.82) is 0 Å². The van der Waals surface area contributed by atoms with Gasteiger partial charge >= 0.3 is 0 Å². The molecule has 1 aliphatic heterocycles. The van der Waals surface area contributed by atoms with Crippen LogP contribution in [-0.2, 0) is 0 Å². The lowest BCUT2D eigenvalue weighted by Crippen LogP contribution is -2.45. The predicted molar refractivity (Wildman–Crippen MR) is 64.7 cm³/mol. The van der Waals surface area contributed by atoms with E-state index in [0.717, 1.165) is 31.4 Å². The molecule has 1 saturated heterocycles. The minimum Gasteiger partial charge on any atom is -0.394 e. The molecule has 17 heavy (non-hydrogen) atoms. The number of carbonyl (C=O) groups excluding carboxylic acids is 1. The Labute approximate surface area is 101 Å². The van der Waals surface area contributed by atoms with Crippen molar-refractivity contribution in [3.05, 3.63) is 29.6 Å². The van der Waals surface area contributed by atoms with E-state index in [-0.39, 0.29) is 18.6 Å². The molecule has 0 bridgehead atoms. The molecule has 1 N–H and O–H groups in total. The van der Waals surface area contributed by atoms with E-state index in [2.05, 4.69) is 4.98 Å². The van der Waals surface area contributed by atoms with Gasteiger partial charge in [-0.25, -0.2) is 0 Å². The zero-order chi connectivity index (χ0) is 12.3. The molecule has 1 amide bonds. The van der Waals surface area contributed by atoms with E-state index >= 15 is 0 Å². The highest BCUT2D eigenvalue weighted by molar-refractivity contribution is 5.94. The smallest absolute Gasteiger partial charge is 0.255 e. The number of nitrogens with zero attached hydrogens (tertiary/aromatic N) is 2. The van der Waals surface area contributed by atoms with E-state index in [0.29, 0.717) is 5.56 Å². The number of carbonyl (C=O) groups is 1. The molecule has 2 rings (SSSR count). The Balaban J connectivity index is 2.18. The Bertz CT molecular complexity index is 406. The molecule has 2 heterocycles. The van der Waals surface area contributed by atoms with E-state index in [1.54, 1.807) is 17.3 Å². The van der Waals surface area contributed by atoms with E-state index in [1.165, 1.54) is 0 Å². The number of likely N-dealkylation sites (tertiary alicyclic amines) is 1. The molecular formula is C13H18N2O2. The molecule has 0 aromatic carbocycles. The fourth-order valence-electron chi connectivity index (χ4n) is 2.30. The molecule has 0 radical (unpaired) electrons. The molecule has 4 nitrogen and oxygen atoms in total. The van der Waals surface area contributed by atoms with Crippen LogP contribution < -0.4 is 0 Å². The summed E-state index contributed by atoms with van der Waals surface area (Å²) in [4.78, 5) is 18.1. The summed E-state index contributed by atoms with van der Waals surface area (Å²) in [6.07, 6.45) is 6.32. The van der Waals surface area contributed by atoms with Crippen LogP contribution in [0.25, 0.3) is 0 Å². The highest BCUT2D eigenvalue weighted by Gasteiger charge is 2.26. The summed E-state index contributed by atoms with van der Waals surface area (Å²) in [5, 5.41) is 9.30. The number of hydrogen-bond donors (Lipinski definition) is 1. The van der Waals surface area contributed by atoms with Crippen LogP contribution in [0.4, 0.5) is 0 Å². The molecule has 0 aliphatic carbocycles. The average Bonchev–Trinajstić information content (AvgIpc) is 2.38. The highest BCUT2D eigenvalue weighted by Crippen LogP contribution is 2.19. The Morgan fingerprint density at radius 3 is 3.06 bits per heavy atom. The van der Waals surface area contributed by atoms with Gasteiger partial charge in [0.15, 0.2) is 0 Å². The molecule has 0 spiro atoms. The SMILES string of the molecule is Cc1cncc(C(=O)N2CCCCC2CO)c1. The van der Waals surface area contributed by atoms with Crippen molar-refractivity contribution in [2.45, 2.75) is 32.2 Å². The third-order valence-corrected chi connectivity index (χ3v) is 3.22. The maximum absolute atomic E-state index is 12.3. The minimum atomic E-state index is -0.0308. The van der Waals surface area contributed by atoms with Gasteiger partial charge in [0.25, 0.3) is 5.91 Å². The molecular weight excluding hydrogens is 216 g/mol. The van der Waals surface area contributed by atoms with Crippen molar-refractivity contribution in [3.8, 4) is 0 Å². The molecule has 1 aliphatic rings. The van der Waals surface area contributed by atoms with E-state index in [9.17, 15) is 9.90 Å². The maximum atomic E-state index is 12.3. The van der Waals surface area contributed by atoms with Crippen molar-refractivity contribution in [2.24, 2.45) is 0 Å². The second kappa shape index (κ2) is 5.27. The lowest BCUT2D eigenvalue weighted by molar-refractivity contribution is 0.0502. The summed E-state index contributed by atoms with van der Waals surface area (Å²) < 4.78 is 0.